The summed E-state index contributed by atoms with van der Waals surface area (Å²) in [6.45, 7) is 2.05. The molecule has 0 amide bonds. The topological polar surface area (TPSA) is 72.3 Å². The Balaban J connectivity index is 1.96. The third-order valence-corrected chi connectivity index (χ3v) is 3.23. The second-order valence-electron chi connectivity index (χ2n) is 4.50. The van der Waals surface area contributed by atoms with Gasteiger partial charge in [-0.05, 0) is 25.7 Å². The Labute approximate surface area is 98.4 Å². The van der Waals surface area contributed by atoms with E-state index in [2.05, 4.69) is 10.1 Å². The average Bonchev–Trinajstić information content (AvgIpc) is 2.93. The molecule has 0 spiro atoms. The maximum absolute atomic E-state index is 9.15. The molecule has 0 radical (unpaired) electrons. The van der Waals surface area contributed by atoms with E-state index >= 15 is 0 Å². The predicted octanol–water partition coefficient (Wildman–Crippen LogP) is 1.74. The van der Waals surface area contributed by atoms with E-state index in [9.17, 15) is 0 Å². The molecule has 0 fully saturated rings. The van der Waals surface area contributed by atoms with Crippen molar-refractivity contribution in [2.45, 2.75) is 26.2 Å². The first-order valence-electron chi connectivity index (χ1n) is 5.79. The van der Waals surface area contributed by atoms with Crippen molar-refractivity contribution < 1.29 is 14.0 Å². The highest BCUT2D eigenvalue weighted by atomic mass is 16.5. The van der Waals surface area contributed by atoms with Gasteiger partial charge in [-0.3, -0.25) is 0 Å². The molecule has 1 aliphatic carbocycles. The van der Waals surface area contributed by atoms with Gasteiger partial charge in [0.1, 0.15) is 11.5 Å². The fraction of sp³-hybridized carbons (Fsp3) is 0.500. The summed E-state index contributed by atoms with van der Waals surface area (Å²) < 4.78 is 10.8. The van der Waals surface area contributed by atoms with Gasteiger partial charge in [0.25, 0.3) is 0 Å². The summed E-state index contributed by atoms with van der Waals surface area (Å²) in [5, 5.41) is 13.2. The summed E-state index contributed by atoms with van der Waals surface area (Å²) in [4.78, 5) is 4.17. The van der Waals surface area contributed by atoms with Gasteiger partial charge in [0.05, 0.1) is 6.20 Å². The van der Waals surface area contributed by atoms with Crippen LogP contribution in [0.5, 0.6) is 0 Å². The number of hydrogen-bond donors (Lipinski definition) is 1. The maximum Gasteiger partial charge on any atom is 0.249 e. The number of nitrogens with zero attached hydrogens (tertiary/aromatic N) is 2. The maximum atomic E-state index is 9.15. The van der Waals surface area contributed by atoms with Crippen molar-refractivity contribution in [3.8, 4) is 11.6 Å². The van der Waals surface area contributed by atoms with E-state index in [0.717, 1.165) is 36.3 Å². The lowest BCUT2D eigenvalue weighted by Gasteiger charge is -2.17. The number of rotatable bonds is 2. The second-order valence-corrected chi connectivity index (χ2v) is 4.50. The highest BCUT2D eigenvalue weighted by Gasteiger charge is 2.27. The van der Waals surface area contributed by atoms with Gasteiger partial charge < -0.3 is 14.0 Å². The quantitative estimate of drug-likeness (QED) is 0.856. The molecule has 0 aromatic carbocycles. The molecule has 2 aromatic rings. The predicted molar refractivity (Wildman–Crippen MR) is 59.3 cm³/mol. The molecule has 0 bridgehead atoms. The highest BCUT2D eigenvalue weighted by molar-refractivity contribution is 5.54. The smallest absolute Gasteiger partial charge is 0.249 e. The average molecular weight is 234 g/mol. The van der Waals surface area contributed by atoms with Crippen LogP contribution in [0.3, 0.4) is 0 Å². The first kappa shape index (κ1) is 10.5. The fourth-order valence-electron chi connectivity index (χ4n) is 2.26. The van der Waals surface area contributed by atoms with Gasteiger partial charge in [-0.15, -0.1) is 0 Å². The number of aromatic nitrogens is 2. The molecule has 0 saturated carbocycles. The van der Waals surface area contributed by atoms with Crippen LogP contribution in [0.15, 0.2) is 15.1 Å². The molecule has 1 N–H and O–H groups in total. The van der Waals surface area contributed by atoms with Crippen LogP contribution in [0, 0.1) is 12.8 Å². The Bertz CT molecular complexity index is 530. The van der Waals surface area contributed by atoms with E-state index in [1.165, 1.54) is 0 Å². The van der Waals surface area contributed by atoms with Gasteiger partial charge in [0.15, 0.2) is 5.69 Å². The summed E-state index contributed by atoms with van der Waals surface area (Å²) in [6, 6.07) is 0. The second kappa shape index (κ2) is 4.00. The van der Waals surface area contributed by atoms with Gasteiger partial charge in [0, 0.05) is 18.6 Å². The van der Waals surface area contributed by atoms with Crippen molar-refractivity contribution >= 4 is 0 Å². The Morgan fingerprint density at radius 1 is 1.53 bits per heavy atom. The van der Waals surface area contributed by atoms with Gasteiger partial charge in [0.2, 0.25) is 5.89 Å². The fourth-order valence-corrected chi connectivity index (χ4v) is 2.26. The Morgan fingerprint density at radius 2 is 2.41 bits per heavy atom. The third kappa shape index (κ3) is 1.76. The van der Waals surface area contributed by atoms with Gasteiger partial charge >= 0.3 is 0 Å². The molecule has 2 aromatic heterocycles. The molecule has 5 nitrogen and oxygen atoms in total. The minimum Gasteiger partial charge on any atom is -0.440 e. The van der Waals surface area contributed by atoms with E-state index in [1.54, 1.807) is 6.20 Å². The zero-order chi connectivity index (χ0) is 11.8. The van der Waals surface area contributed by atoms with Crippen LogP contribution in [0.2, 0.25) is 0 Å². The number of oxazole rings is 1. The van der Waals surface area contributed by atoms with Crippen LogP contribution < -0.4 is 0 Å². The summed E-state index contributed by atoms with van der Waals surface area (Å²) in [5.74, 6) is 2.44. The number of fused-ring (bicyclic) bond motifs is 1. The molecule has 17 heavy (non-hydrogen) atoms. The van der Waals surface area contributed by atoms with Crippen LogP contribution in [0.1, 0.15) is 23.5 Å². The molecule has 1 atom stereocenters. The zero-order valence-electron chi connectivity index (χ0n) is 9.64. The first-order valence-corrected chi connectivity index (χ1v) is 5.79. The van der Waals surface area contributed by atoms with Crippen LogP contribution in [-0.4, -0.2) is 21.9 Å². The lowest BCUT2D eigenvalue weighted by Crippen LogP contribution is -2.16. The molecule has 2 heterocycles. The molecule has 0 saturated heterocycles. The molecule has 3 rings (SSSR count). The summed E-state index contributed by atoms with van der Waals surface area (Å²) in [6.07, 6.45) is 4.24. The van der Waals surface area contributed by atoms with E-state index in [-0.39, 0.29) is 12.5 Å². The largest absolute Gasteiger partial charge is 0.440 e. The normalized spacial score (nSPS) is 19.3. The number of aliphatic hydroxyl groups is 1. The van der Waals surface area contributed by atoms with Crippen molar-refractivity contribution in [3.63, 3.8) is 0 Å². The van der Waals surface area contributed by atoms with Gasteiger partial charge in [-0.25, -0.2) is 4.98 Å². The standard InChI is InChI=1S/C12H14N2O3/c1-7-5-13-12(16-7)11-9-3-2-8(6-15)4-10(9)17-14-11/h5,8,15H,2-4,6H2,1H3. The Morgan fingerprint density at radius 3 is 3.12 bits per heavy atom. The SMILES string of the molecule is Cc1cnc(-c2noc3c2CCC(CO)C3)o1. The lowest BCUT2D eigenvalue weighted by atomic mass is 9.88. The van der Waals surface area contributed by atoms with Gasteiger partial charge in [-0.2, -0.15) is 0 Å². The highest BCUT2D eigenvalue weighted by Crippen LogP contribution is 2.32. The molecular weight excluding hydrogens is 220 g/mol. The molecule has 5 heteroatoms. The summed E-state index contributed by atoms with van der Waals surface area (Å²) in [7, 11) is 0. The minimum absolute atomic E-state index is 0.202. The first-order chi connectivity index (χ1) is 8.28. The van der Waals surface area contributed by atoms with E-state index in [0.29, 0.717) is 11.6 Å². The van der Waals surface area contributed by atoms with Crippen LogP contribution in [0.4, 0.5) is 0 Å². The summed E-state index contributed by atoms with van der Waals surface area (Å²) in [5.41, 5.74) is 1.79. The Kier molecular flexibility index (Phi) is 2.48. The van der Waals surface area contributed by atoms with Crippen molar-refractivity contribution in [3.05, 3.63) is 23.3 Å². The molecule has 1 aliphatic rings. The summed E-state index contributed by atoms with van der Waals surface area (Å²) >= 11 is 0. The Hall–Kier alpha value is -1.62. The minimum atomic E-state index is 0.202. The lowest BCUT2D eigenvalue weighted by molar-refractivity contribution is 0.202. The third-order valence-electron chi connectivity index (χ3n) is 3.23. The molecule has 0 aliphatic heterocycles. The number of aryl methyl sites for hydroxylation is 1. The van der Waals surface area contributed by atoms with Crippen molar-refractivity contribution in [1.29, 1.82) is 0 Å². The number of aliphatic hydroxyl groups excluding tert-OH is 1. The molecule has 90 valence electrons. The monoisotopic (exact) mass is 234 g/mol. The van der Waals surface area contributed by atoms with Crippen molar-refractivity contribution in [1.82, 2.24) is 10.1 Å². The van der Waals surface area contributed by atoms with Crippen molar-refractivity contribution in [2.24, 2.45) is 5.92 Å². The van der Waals surface area contributed by atoms with Gasteiger partial charge in [-0.1, -0.05) is 5.16 Å². The van der Waals surface area contributed by atoms with E-state index in [1.807, 2.05) is 6.92 Å². The molecule has 1 unspecified atom stereocenters. The van der Waals surface area contributed by atoms with Crippen LogP contribution >= 0.6 is 0 Å². The zero-order valence-corrected chi connectivity index (χ0v) is 9.64. The van der Waals surface area contributed by atoms with Crippen LogP contribution in [0.25, 0.3) is 11.6 Å². The van der Waals surface area contributed by atoms with E-state index in [4.69, 9.17) is 14.0 Å². The number of hydrogen-bond acceptors (Lipinski definition) is 5. The van der Waals surface area contributed by atoms with Crippen LogP contribution in [-0.2, 0) is 12.8 Å². The van der Waals surface area contributed by atoms with E-state index < -0.39 is 0 Å². The molecular formula is C12H14N2O3. The van der Waals surface area contributed by atoms with Crippen molar-refractivity contribution in [2.75, 3.05) is 6.61 Å².